The zero-order chi connectivity index (χ0) is 28.7. The van der Waals surface area contributed by atoms with E-state index in [1.54, 1.807) is 24.3 Å². The Morgan fingerprint density at radius 2 is 1.73 bits per heavy atom. The maximum absolute atomic E-state index is 14.1. The Balaban J connectivity index is 1.30. The van der Waals surface area contributed by atoms with E-state index in [0.717, 1.165) is 10.8 Å². The van der Waals surface area contributed by atoms with Crippen LogP contribution in [0.2, 0.25) is 0 Å². The number of nitrogens with one attached hydrogen (secondary N) is 2. The molecule has 2 unspecified atom stereocenters. The van der Waals surface area contributed by atoms with Crippen LogP contribution >= 0.6 is 0 Å². The molecule has 3 N–H and O–H groups in total. The molecule has 9 heteroatoms. The number of rotatable bonds is 9. The summed E-state index contributed by atoms with van der Waals surface area (Å²) in [4.78, 5) is 43.3. The molecule has 214 valence electrons. The summed E-state index contributed by atoms with van der Waals surface area (Å²) in [6.07, 6.45) is 1.03. The number of benzene rings is 3. The Bertz CT molecular complexity index is 1470. The number of aliphatic hydroxyl groups excluding tert-OH is 1. The largest absolute Gasteiger partial charge is 0.494 e. The van der Waals surface area contributed by atoms with Gasteiger partial charge in [0.15, 0.2) is 0 Å². The van der Waals surface area contributed by atoms with E-state index in [2.05, 4.69) is 10.6 Å². The predicted molar refractivity (Wildman–Crippen MR) is 154 cm³/mol. The number of ether oxygens (including phenoxy) is 2. The quantitative estimate of drug-likeness (QED) is 0.367. The van der Waals surface area contributed by atoms with Crippen LogP contribution in [0.4, 0.5) is 11.4 Å². The van der Waals surface area contributed by atoms with Gasteiger partial charge in [-0.15, -0.1) is 0 Å². The van der Waals surface area contributed by atoms with Crippen molar-refractivity contribution in [3.8, 4) is 5.75 Å². The second-order valence-corrected chi connectivity index (χ2v) is 11.0. The highest BCUT2D eigenvalue weighted by atomic mass is 16.5. The molecule has 6 atom stereocenters. The zero-order valence-electron chi connectivity index (χ0n) is 23.2. The number of carbonyl (C=O) groups excluding carboxylic acids is 3. The van der Waals surface area contributed by atoms with Crippen LogP contribution in [-0.4, -0.2) is 64.7 Å². The highest BCUT2D eigenvalue weighted by Crippen LogP contribution is 2.59. The Kier molecular flexibility index (Phi) is 7.17. The normalized spacial score (nSPS) is 27.1. The molecule has 3 amide bonds. The molecule has 0 saturated carbocycles. The first-order chi connectivity index (χ1) is 19.9. The number of amides is 3. The van der Waals surface area contributed by atoms with Crippen LogP contribution in [0.25, 0.3) is 10.8 Å². The first-order valence-electron chi connectivity index (χ1n) is 14.3. The van der Waals surface area contributed by atoms with E-state index in [0.29, 0.717) is 43.0 Å². The number of nitrogens with zero attached hydrogens (tertiary/aromatic N) is 1. The Morgan fingerprint density at radius 3 is 2.44 bits per heavy atom. The minimum absolute atomic E-state index is 0.294. The second-order valence-electron chi connectivity index (χ2n) is 11.0. The SMILES string of the molecule is CCOc1ccc(NC(=O)[C@@H]2[C@@H]3CCC4(O3)C(C(=O)Nc3ccc5ccccc5c3)N([C@@H](CC)CO)C(=O)[C@H]24)cc1. The van der Waals surface area contributed by atoms with E-state index in [-0.39, 0.29) is 24.3 Å². The topological polar surface area (TPSA) is 117 Å². The lowest BCUT2D eigenvalue weighted by molar-refractivity contribution is -0.143. The standard InChI is InChI=1S/C32H35N3O6/c1-3-23(18-36)35-28(30(38)34-22-10-9-19-7-5-6-8-20(19)17-22)32-16-15-25(41-32)26(27(32)31(35)39)29(37)33-21-11-13-24(14-12-21)40-4-2/h5-14,17,23,25-28,36H,3-4,15-16,18H2,1-2H3,(H,33,37)(H,34,38)/t23-,25-,26+,27-,28?,32?/m0/s1. The summed E-state index contributed by atoms with van der Waals surface area (Å²) in [6.45, 7) is 4.01. The lowest BCUT2D eigenvalue weighted by Gasteiger charge is -2.36. The van der Waals surface area contributed by atoms with Gasteiger partial charge < -0.3 is 30.1 Å². The minimum Gasteiger partial charge on any atom is -0.494 e. The Morgan fingerprint density at radius 1 is 1.02 bits per heavy atom. The third-order valence-electron chi connectivity index (χ3n) is 8.81. The van der Waals surface area contributed by atoms with Crippen molar-refractivity contribution in [1.82, 2.24) is 4.90 Å². The molecule has 3 heterocycles. The molecule has 9 nitrogen and oxygen atoms in total. The summed E-state index contributed by atoms with van der Waals surface area (Å²) >= 11 is 0. The number of likely N-dealkylation sites (tertiary alicyclic amines) is 1. The molecule has 3 aromatic rings. The number of carbonyl (C=O) groups is 3. The monoisotopic (exact) mass is 557 g/mol. The number of fused-ring (bicyclic) bond motifs is 2. The van der Waals surface area contributed by atoms with Crippen molar-refractivity contribution in [3.05, 3.63) is 66.7 Å². The van der Waals surface area contributed by atoms with Gasteiger partial charge in [0.25, 0.3) is 0 Å². The summed E-state index contributed by atoms with van der Waals surface area (Å²) in [5, 5.41) is 18.2. The summed E-state index contributed by atoms with van der Waals surface area (Å²) in [6, 6.07) is 19.0. The fourth-order valence-electron chi connectivity index (χ4n) is 7.00. The van der Waals surface area contributed by atoms with Gasteiger partial charge in [-0.2, -0.15) is 0 Å². The third-order valence-corrected chi connectivity index (χ3v) is 8.81. The van der Waals surface area contributed by atoms with Crippen molar-refractivity contribution < 1.29 is 29.0 Å². The van der Waals surface area contributed by atoms with Gasteiger partial charge in [-0.25, -0.2) is 0 Å². The van der Waals surface area contributed by atoms with Crippen molar-refractivity contribution >= 4 is 39.9 Å². The second kappa shape index (κ2) is 10.8. The maximum Gasteiger partial charge on any atom is 0.250 e. The van der Waals surface area contributed by atoms with E-state index < -0.39 is 35.6 Å². The van der Waals surface area contributed by atoms with Gasteiger partial charge in [0.2, 0.25) is 17.7 Å². The predicted octanol–water partition coefficient (Wildman–Crippen LogP) is 3.96. The minimum atomic E-state index is -1.15. The van der Waals surface area contributed by atoms with Crippen LogP contribution in [0.15, 0.2) is 66.7 Å². The Labute approximate surface area is 238 Å². The van der Waals surface area contributed by atoms with E-state index >= 15 is 0 Å². The van der Waals surface area contributed by atoms with Crippen molar-refractivity contribution in [2.75, 3.05) is 23.8 Å². The van der Waals surface area contributed by atoms with Gasteiger partial charge >= 0.3 is 0 Å². The summed E-state index contributed by atoms with van der Waals surface area (Å²) in [5.74, 6) is -1.89. The summed E-state index contributed by atoms with van der Waals surface area (Å²) in [7, 11) is 0. The average Bonchev–Trinajstić information content (AvgIpc) is 3.62. The van der Waals surface area contributed by atoms with Crippen LogP contribution in [0.5, 0.6) is 5.75 Å². The molecule has 0 aromatic heterocycles. The third kappa shape index (κ3) is 4.53. The van der Waals surface area contributed by atoms with Crippen molar-refractivity contribution in [1.29, 1.82) is 0 Å². The molecule has 3 aliphatic rings. The van der Waals surface area contributed by atoms with Crippen LogP contribution in [0, 0.1) is 11.8 Å². The van der Waals surface area contributed by atoms with E-state index in [9.17, 15) is 19.5 Å². The van der Waals surface area contributed by atoms with E-state index in [4.69, 9.17) is 9.47 Å². The first-order valence-corrected chi connectivity index (χ1v) is 14.3. The fraction of sp³-hybridized carbons (Fsp3) is 0.406. The van der Waals surface area contributed by atoms with Crippen LogP contribution in [0.1, 0.15) is 33.1 Å². The Hall–Kier alpha value is -3.95. The smallest absolute Gasteiger partial charge is 0.250 e. The molecule has 0 radical (unpaired) electrons. The van der Waals surface area contributed by atoms with Gasteiger partial charge in [-0.05, 0) is 73.4 Å². The molecular weight excluding hydrogens is 522 g/mol. The van der Waals surface area contributed by atoms with Gasteiger partial charge in [0.1, 0.15) is 17.4 Å². The van der Waals surface area contributed by atoms with Crippen LogP contribution in [-0.2, 0) is 19.1 Å². The molecule has 6 rings (SSSR count). The fourth-order valence-corrected chi connectivity index (χ4v) is 7.00. The lowest BCUT2D eigenvalue weighted by Crippen LogP contribution is -2.56. The zero-order valence-corrected chi connectivity index (χ0v) is 23.2. The van der Waals surface area contributed by atoms with Gasteiger partial charge in [-0.3, -0.25) is 14.4 Å². The van der Waals surface area contributed by atoms with Crippen LogP contribution < -0.4 is 15.4 Å². The number of hydrogen-bond acceptors (Lipinski definition) is 6. The maximum atomic E-state index is 14.1. The molecule has 2 bridgehead atoms. The first kappa shape index (κ1) is 27.2. The van der Waals surface area contributed by atoms with Crippen LogP contribution in [0.3, 0.4) is 0 Å². The molecule has 0 aliphatic carbocycles. The van der Waals surface area contributed by atoms with Gasteiger partial charge in [0, 0.05) is 11.4 Å². The van der Waals surface area contributed by atoms with Gasteiger partial charge in [-0.1, -0.05) is 37.3 Å². The van der Waals surface area contributed by atoms with Gasteiger partial charge in [0.05, 0.1) is 37.2 Å². The number of anilines is 2. The van der Waals surface area contributed by atoms with E-state index in [1.165, 1.54) is 4.90 Å². The van der Waals surface area contributed by atoms with Crippen molar-refractivity contribution in [3.63, 3.8) is 0 Å². The molecule has 41 heavy (non-hydrogen) atoms. The molecule has 3 aliphatic heterocycles. The van der Waals surface area contributed by atoms with Crippen molar-refractivity contribution in [2.24, 2.45) is 11.8 Å². The van der Waals surface area contributed by atoms with Crippen molar-refractivity contribution in [2.45, 2.75) is 56.9 Å². The number of aliphatic hydroxyl groups is 1. The summed E-state index contributed by atoms with van der Waals surface area (Å²) in [5.41, 5.74) is 0.0480. The molecule has 3 saturated heterocycles. The molecule has 3 aromatic carbocycles. The molecule has 1 spiro atoms. The lowest BCUT2D eigenvalue weighted by atomic mass is 9.70. The summed E-state index contributed by atoms with van der Waals surface area (Å²) < 4.78 is 12.0. The highest BCUT2D eigenvalue weighted by molar-refractivity contribution is 6.05. The molecule has 3 fully saturated rings. The molecular formula is C32H35N3O6. The van der Waals surface area contributed by atoms with E-state index in [1.807, 2.05) is 56.3 Å². The highest BCUT2D eigenvalue weighted by Gasteiger charge is 2.75. The number of hydrogen-bond donors (Lipinski definition) is 3. The average molecular weight is 558 g/mol.